The fourth-order valence-corrected chi connectivity index (χ4v) is 6.24. The lowest BCUT2D eigenvalue weighted by Gasteiger charge is -2.34. The van der Waals surface area contributed by atoms with Crippen molar-refractivity contribution in [1.29, 1.82) is 0 Å². The molecule has 7 heteroatoms. The Morgan fingerprint density at radius 3 is 2.15 bits per heavy atom. The summed E-state index contributed by atoms with van der Waals surface area (Å²) in [6, 6.07) is 15.4. The van der Waals surface area contributed by atoms with Gasteiger partial charge < -0.3 is 10.0 Å². The van der Waals surface area contributed by atoms with Crippen molar-refractivity contribution in [3.8, 4) is 0 Å². The molecule has 0 saturated heterocycles. The number of benzene rings is 2. The minimum atomic E-state index is -3.51. The van der Waals surface area contributed by atoms with E-state index in [-0.39, 0.29) is 12.6 Å². The SMILES string of the molecule is CN(CCCCCO)Cc1ccc([C@H]2CC[C@H](N(C)S(=O)(=O)c3ccc(Cl)cc3)CC2)cc1. The van der Waals surface area contributed by atoms with E-state index in [1.54, 1.807) is 35.6 Å². The summed E-state index contributed by atoms with van der Waals surface area (Å²) in [5.41, 5.74) is 2.66. The van der Waals surface area contributed by atoms with E-state index in [2.05, 4.69) is 36.2 Å². The number of hydrogen-bond donors (Lipinski definition) is 1. The molecule has 0 bridgehead atoms. The van der Waals surface area contributed by atoms with Gasteiger partial charge in [-0.05, 0) is 99.8 Å². The van der Waals surface area contributed by atoms with E-state index in [9.17, 15) is 8.42 Å². The van der Waals surface area contributed by atoms with Crippen LogP contribution in [0.15, 0.2) is 53.4 Å². The van der Waals surface area contributed by atoms with Crippen molar-refractivity contribution in [3.63, 3.8) is 0 Å². The van der Waals surface area contributed by atoms with Crippen LogP contribution in [0.5, 0.6) is 0 Å². The van der Waals surface area contributed by atoms with Crippen LogP contribution in [-0.4, -0.2) is 56.0 Å². The van der Waals surface area contributed by atoms with Gasteiger partial charge in [-0.25, -0.2) is 8.42 Å². The molecule has 0 amide bonds. The molecule has 1 aliphatic carbocycles. The van der Waals surface area contributed by atoms with Crippen molar-refractivity contribution in [2.75, 3.05) is 27.2 Å². The van der Waals surface area contributed by atoms with Gasteiger partial charge >= 0.3 is 0 Å². The van der Waals surface area contributed by atoms with Crippen molar-refractivity contribution >= 4 is 21.6 Å². The van der Waals surface area contributed by atoms with Crippen LogP contribution in [0.25, 0.3) is 0 Å². The quantitative estimate of drug-likeness (QED) is 0.433. The van der Waals surface area contributed by atoms with Crippen LogP contribution in [-0.2, 0) is 16.6 Å². The topological polar surface area (TPSA) is 60.9 Å². The smallest absolute Gasteiger partial charge is 0.243 e. The molecule has 3 rings (SSSR count). The molecule has 0 atom stereocenters. The van der Waals surface area contributed by atoms with Gasteiger partial charge in [0.1, 0.15) is 0 Å². The zero-order chi connectivity index (χ0) is 23.8. The average Bonchev–Trinajstić information content (AvgIpc) is 2.82. The van der Waals surface area contributed by atoms with Gasteiger partial charge in [0.25, 0.3) is 0 Å². The average molecular weight is 493 g/mol. The van der Waals surface area contributed by atoms with Gasteiger partial charge in [0.2, 0.25) is 10.0 Å². The second-order valence-corrected chi connectivity index (χ2v) is 11.7. The van der Waals surface area contributed by atoms with Crippen molar-refractivity contribution in [2.24, 2.45) is 0 Å². The van der Waals surface area contributed by atoms with Crippen LogP contribution < -0.4 is 0 Å². The standard InChI is InChI=1S/C26H37ClN2O3S/c1-28(18-4-3-5-19-30)20-21-6-8-22(9-7-21)23-10-14-25(15-11-23)29(2)33(31,32)26-16-12-24(27)13-17-26/h6-9,12-13,16-17,23,25,30H,3-5,10-11,14-15,18-20H2,1-2H3/t23-,25-. The number of aliphatic hydroxyl groups excluding tert-OH is 1. The lowest BCUT2D eigenvalue weighted by Crippen LogP contribution is -2.39. The Labute approximate surface area is 204 Å². The molecular formula is C26H37ClN2O3S. The number of hydrogen-bond acceptors (Lipinski definition) is 4. The number of sulfonamides is 1. The highest BCUT2D eigenvalue weighted by atomic mass is 35.5. The van der Waals surface area contributed by atoms with E-state index in [4.69, 9.17) is 16.7 Å². The number of halogens is 1. The Bertz CT molecular complexity index is 956. The largest absolute Gasteiger partial charge is 0.396 e. The second kappa shape index (κ2) is 12.3. The van der Waals surface area contributed by atoms with E-state index in [0.717, 1.165) is 58.0 Å². The zero-order valence-corrected chi connectivity index (χ0v) is 21.4. The fourth-order valence-electron chi connectivity index (χ4n) is 4.70. The Kier molecular flexibility index (Phi) is 9.77. The number of nitrogens with zero attached hydrogens (tertiary/aromatic N) is 2. The summed E-state index contributed by atoms with van der Waals surface area (Å²) < 4.78 is 27.5. The van der Waals surface area contributed by atoms with Gasteiger partial charge in [-0.15, -0.1) is 0 Å². The number of unbranched alkanes of at least 4 members (excludes halogenated alkanes) is 2. The molecule has 1 saturated carbocycles. The summed E-state index contributed by atoms with van der Waals surface area (Å²) >= 11 is 5.91. The summed E-state index contributed by atoms with van der Waals surface area (Å²) in [7, 11) is 0.333. The van der Waals surface area contributed by atoms with Gasteiger partial charge in [0, 0.05) is 31.3 Å². The first-order valence-electron chi connectivity index (χ1n) is 11.9. The first kappa shape index (κ1) is 26.2. The summed E-state index contributed by atoms with van der Waals surface area (Å²) in [6.07, 6.45) is 6.79. The molecule has 2 aromatic rings. The summed E-state index contributed by atoms with van der Waals surface area (Å²) in [4.78, 5) is 2.62. The zero-order valence-electron chi connectivity index (χ0n) is 19.8. The molecule has 0 aliphatic heterocycles. The molecule has 0 spiro atoms. The first-order chi connectivity index (χ1) is 15.8. The summed E-state index contributed by atoms with van der Waals surface area (Å²) in [6.45, 7) is 2.25. The van der Waals surface area contributed by atoms with Gasteiger partial charge in [0.15, 0.2) is 0 Å². The maximum absolute atomic E-state index is 13.0. The Balaban J connectivity index is 1.50. The summed E-state index contributed by atoms with van der Waals surface area (Å²) in [5.74, 6) is 0.484. The van der Waals surface area contributed by atoms with E-state index in [0.29, 0.717) is 15.8 Å². The van der Waals surface area contributed by atoms with Crippen LogP contribution in [0.3, 0.4) is 0 Å². The predicted octanol–water partition coefficient (Wildman–Crippen LogP) is 5.28. The van der Waals surface area contributed by atoms with Gasteiger partial charge in [0.05, 0.1) is 4.90 Å². The molecule has 182 valence electrons. The second-order valence-electron chi connectivity index (χ2n) is 9.24. The van der Waals surface area contributed by atoms with Crippen LogP contribution in [0.4, 0.5) is 0 Å². The predicted molar refractivity (Wildman–Crippen MR) is 135 cm³/mol. The highest BCUT2D eigenvalue weighted by Crippen LogP contribution is 2.36. The number of aliphatic hydroxyl groups is 1. The molecule has 0 heterocycles. The molecule has 2 aromatic carbocycles. The maximum Gasteiger partial charge on any atom is 0.243 e. The van der Waals surface area contributed by atoms with Gasteiger partial charge in [-0.3, -0.25) is 0 Å². The third-order valence-corrected chi connectivity index (χ3v) is 8.98. The van der Waals surface area contributed by atoms with Gasteiger partial charge in [-0.1, -0.05) is 35.9 Å². The summed E-state index contributed by atoms with van der Waals surface area (Å²) in [5, 5.41) is 9.42. The minimum Gasteiger partial charge on any atom is -0.396 e. The van der Waals surface area contributed by atoms with Crippen LogP contribution in [0, 0.1) is 0 Å². The molecule has 0 radical (unpaired) electrons. The molecule has 5 nitrogen and oxygen atoms in total. The Hall–Kier alpha value is -1.44. The first-order valence-corrected chi connectivity index (χ1v) is 13.7. The van der Waals surface area contributed by atoms with Crippen LogP contribution in [0.1, 0.15) is 62.0 Å². The van der Waals surface area contributed by atoms with E-state index >= 15 is 0 Å². The monoisotopic (exact) mass is 492 g/mol. The number of rotatable bonds is 11. The van der Waals surface area contributed by atoms with Gasteiger partial charge in [-0.2, -0.15) is 4.31 Å². The Morgan fingerprint density at radius 1 is 0.909 bits per heavy atom. The third-order valence-electron chi connectivity index (χ3n) is 6.80. The van der Waals surface area contributed by atoms with Crippen LogP contribution in [0.2, 0.25) is 5.02 Å². The molecule has 1 aliphatic rings. The maximum atomic E-state index is 13.0. The third kappa shape index (κ3) is 7.27. The van der Waals surface area contributed by atoms with E-state index in [1.807, 2.05) is 0 Å². The van der Waals surface area contributed by atoms with E-state index in [1.165, 1.54) is 11.1 Å². The van der Waals surface area contributed by atoms with Crippen molar-refractivity contribution < 1.29 is 13.5 Å². The Morgan fingerprint density at radius 2 is 1.55 bits per heavy atom. The molecule has 33 heavy (non-hydrogen) atoms. The molecule has 0 aromatic heterocycles. The fraction of sp³-hybridized carbons (Fsp3) is 0.538. The molecular weight excluding hydrogens is 456 g/mol. The molecule has 1 N–H and O–H groups in total. The highest BCUT2D eigenvalue weighted by molar-refractivity contribution is 7.89. The minimum absolute atomic E-state index is 0.0284. The van der Waals surface area contributed by atoms with E-state index < -0.39 is 10.0 Å². The van der Waals surface area contributed by atoms with Crippen molar-refractivity contribution in [2.45, 2.75) is 68.3 Å². The van der Waals surface area contributed by atoms with Crippen molar-refractivity contribution in [3.05, 3.63) is 64.7 Å². The van der Waals surface area contributed by atoms with Crippen molar-refractivity contribution in [1.82, 2.24) is 9.21 Å². The lowest BCUT2D eigenvalue weighted by atomic mass is 9.81. The normalized spacial score (nSPS) is 19.3. The molecule has 1 fully saturated rings. The highest BCUT2D eigenvalue weighted by Gasteiger charge is 2.31. The molecule has 0 unspecified atom stereocenters. The van der Waals surface area contributed by atoms with Crippen LogP contribution >= 0.6 is 11.6 Å². The lowest BCUT2D eigenvalue weighted by molar-refractivity contribution is 0.268.